The van der Waals surface area contributed by atoms with Crippen LogP contribution in [0.2, 0.25) is 5.02 Å². The van der Waals surface area contributed by atoms with Crippen LogP contribution >= 0.6 is 23.4 Å². The van der Waals surface area contributed by atoms with Gasteiger partial charge in [-0.2, -0.15) is 0 Å². The van der Waals surface area contributed by atoms with Crippen molar-refractivity contribution in [3.05, 3.63) is 58.7 Å². The number of rotatable bonds is 7. The molecule has 2 aromatic carbocycles. The minimum absolute atomic E-state index is 0.0447. The number of hydrogen-bond acceptors (Lipinski definition) is 3. The summed E-state index contributed by atoms with van der Waals surface area (Å²) in [5.74, 6) is -0.0447. The molecule has 1 aromatic heterocycles. The van der Waals surface area contributed by atoms with Gasteiger partial charge < -0.3 is 15.2 Å². The number of aryl methyl sites for hydroxylation is 1. The van der Waals surface area contributed by atoms with E-state index in [1.165, 1.54) is 31.5 Å². The second kappa shape index (κ2) is 9.24. The van der Waals surface area contributed by atoms with Gasteiger partial charge in [-0.15, -0.1) is 0 Å². The number of aromatic nitrogens is 1. The molecule has 152 valence electrons. The minimum Gasteiger partial charge on any atom is -0.351 e. The third-order valence-corrected chi connectivity index (χ3v) is 6.69. The minimum atomic E-state index is -0.0447. The van der Waals surface area contributed by atoms with Crippen LogP contribution in [0.3, 0.4) is 0 Å². The summed E-state index contributed by atoms with van der Waals surface area (Å²) in [6.07, 6.45) is 3.57. The van der Waals surface area contributed by atoms with Crippen molar-refractivity contribution in [2.24, 2.45) is 0 Å². The quantitative estimate of drug-likeness (QED) is 0.489. The number of nitrogens with zero attached hydrogens (tertiary/aromatic N) is 1. The van der Waals surface area contributed by atoms with Gasteiger partial charge in [0.25, 0.3) is 5.91 Å². The van der Waals surface area contributed by atoms with Crippen molar-refractivity contribution in [3.8, 4) is 0 Å². The maximum absolute atomic E-state index is 13.0. The van der Waals surface area contributed by atoms with Crippen molar-refractivity contribution >= 4 is 40.2 Å². The zero-order valence-corrected chi connectivity index (χ0v) is 18.2. The molecule has 0 aliphatic carbocycles. The first-order chi connectivity index (χ1) is 14.1. The Bertz CT molecular complexity index is 993. The van der Waals surface area contributed by atoms with Crippen molar-refractivity contribution < 1.29 is 4.79 Å². The third kappa shape index (κ3) is 4.97. The monoisotopic (exact) mass is 427 g/mol. The summed E-state index contributed by atoms with van der Waals surface area (Å²) in [4.78, 5) is 20.8. The van der Waals surface area contributed by atoms with Crippen LogP contribution in [0.4, 0.5) is 0 Å². The molecule has 1 aliphatic heterocycles. The van der Waals surface area contributed by atoms with E-state index in [2.05, 4.69) is 40.3 Å². The Kier molecular flexibility index (Phi) is 6.48. The number of benzene rings is 2. The first-order valence-corrected chi connectivity index (χ1v) is 11.4. The van der Waals surface area contributed by atoms with Gasteiger partial charge in [-0.25, -0.2) is 0 Å². The highest BCUT2D eigenvalue weighted by molar-refractivity contribution is 7.99. The van der Waals surface area contributed by atoms with E-state index in [4.69, 9.17) is 11.6 Å². The largest absolute Gasteiger partial charge is 0.351 e. The molecule has 4 nitrogen and oxygen atoms in total. The number of hydrogen-bond donors (Lipinski definition) is 2. The average molecular weight is 428 g/mol. The van der Waals surface area contributed by atoms with Crippen LogP contribution in [0, 0.1) is 6.92 Å². The molecule has 0 atom stereocenters. The Morgan fingerprint density at radius 3 is 2.69 bits per heavy atom. The molecule has 29 heavy (non-hydrogen) atoms. The summed E-state index contributed by atoms with van der Waals surface area (Å²) >= 11 is 7.62. The number of amides is 1. The summed E-state index contributed by atoms with van der Waals surface area (Å²) in [6, 6.07) is 14.0. The number of H-pyrrole nitrogens is 1. The maximum Gasteiger partial charge on any atom is 0.268 e. The summed E-state index contributed by atoms with van der Waals surface area (Å²) in [6.45, 7) is 6.19. The van der Waals surface area contributed by atoms with Crippen LogP contribution in [0.15, 0.2) is 52.3 Å². The highest BCUT2D eigenvalue weighted by Gasteiger charge is 2.19. The second-order valence-corrected chi connectivity index (χ2v) is 9.11. The van der Waals surface area contributed by atoms with Crippen molar-refractivity contribution in [1.29, 1.82) is 0 Å². The van der Waals surface area contributed by atoms with Crippen molar-refractivity contribution in [1.82, 2.24) is 15.2 Å². The van der Waals surface area contributed by atoms with Gasteiger partial charge in [-0.1, -0.05) is 35.5 Å². The smallest absolute Gasteiger partial charge is 0.268 e. The molecule has 1 fully saturated rings. The molecular weight excluding hydrogens is 402 g/mol. The second-order valence-electron chi connectivity index (χ2n) is 7.59. The lowest BCUT2D eigenvalue weighted by molar-refractivity contribution is 0.0945. The predicted octanol–water partition coefficient (Wildman–Crippen LogP) is 5.50. The molecule has 2 heterocycles. The lowest BCUT2D eigenvalue weighted by Gasteiger charge is -2.14. The van der Waals surface area contributed by atoms with Gasteiger partial charge in [-0.3, -0.25) is 4.79 Å². The molecule has 0 spiro atoms. The number of halogens is 1. The Labute approximate surface area is 181 Å². The zero-order valence-electron chi connectivity index (χ0n) is 16.6. The molecule has 1 aliphatic rings. The first kappa shape index (κ1) is 20.3. The molecule has 1 saturated heterocycles. The lowest BCUT2D eigenvalue weighted by Crippen LogP contribution is -2.29. The van der Waals surface area contributed by atoms with Crippen LogP contribution in [0.5, 0.6) is 0 Å². The van der Waals surface area contributed by atoms with Gasteiger partial charge in [0.2, 0.25) is 0 Å². The number of carbonyl (C=O) groups excluding carboxylic acids is 1. The standard InChI is InChI=1S/C23H26ClN3OS/c1-16-5-10-19-20(15-16)26-21(22(19)29-18-8-6-17(24)7-9-18)23(28)25-11-4-14-27-12-2-3-13-27/h5-10,15,26H,2-4,11-14H2,1H3,(H,25,28). The van der Waals surface area contributed by atoms with Crippen LogP contribution in [-0.4, -0.2) is 42.0 Å². The molecular formula is C23H26ClN3OS. The lowest BCUT2D eigenvalue weighted by atomic mass is 10.2. The van der Waals surface area contributed by atoms with Crippen molar-refractivity contribution in [3.63, 3.8) is 0 Å². The van der Waals surface area contributed by atoms with Crippen LogP contribution < -0.4 is 5.32 Å². The fourth-order valence-corrected chi connectivity index (χ4v) is 4.94. The van der Waals surface area contributed by atoms with E-state index in [-0.39, 0.29) is 5.91 Å². The van der Waals surface area contributed by atoms with Gasteiger partial charge in [0.05, 0.1) is 4.90 Å². The first-order valence-electron chi connectivity index (χ1n) is 10.2. The summed E-state index contributed by atoms with van der Waals surface area (Å²) in [5, 5.41) is 4.88. The average Bonchev–Trinajstić information content (AvgIpc) is 3.35. The van der Waals surface area contributed by atoms with Crippen molar-refractivity contribution in [2.45, 2.75) is 36.0 Å². The summed E-state index contributed by atoms with van der Waals surface area (Å²) in [7, 11) is 0. The predicted molar refractivity (Wildman–Crippen MR) is 121 cm³/mol. The molecule has 0 bridgehead atoms. The van der Waals surface area contributed by atoms with Gasteiger partial charge in [0.1, 0.15) is 5.69 Å². The molecule has 2 N–H and O–H groups in total. The number of fused-ring (bicyclic) bond motifs is 1. The number of aromatic amines is 1. The highest BCUT2D eigenvalue weighted by atomic mass is 35.5. The third-order valence-electron chi connectivity index (χ3n) is 5.30. The van der Waals surface area contributed by atoms with Crippen LogP contribution in [0.25, 0.3) is 10.9 Å². The molecule has 0 radical (unpaired) electrons. The van der Waals surface area contributed by atoms with E-state index in [9.17, 15) is 4.79 Å². The van der Waals surface area contributed by atoms with Crippen LogP contribution in [0.1, 0.15) is 35.3 Å². The Hall–Kier alpha value is -1.95. The van der Waals surface area contributed by atoms with Gasteiger partial charge in [0.15, 0.2) is 0 Å². The van der Waals surface area contributed by atoms with Gasteiger partial charge in [-0.05, 0) is 81.7 Å². The molecule has 0 unspecified atom stereocenters. The van der Waals surface area contributed by atoms with Crippen LogP contribution in [-0.2, 0) is 0 Å². The summed E-state index contributed by atoms with van der Waals surface area (Å²) in [5.41, 5.74) is 2.79. The number of likely N-dealkylation sites (tertiary alicyclic amines) is 1. The van der Waals surface area contributed by atoms with E-state index < -0.39 is 0 Å². The molecule has 1 amide bonds. The Morgan fingerprint density at radius 1 is 1.17 bits per heavy atom. The Morgan fingerprint density at radius 2 is 1.93 bits per heavy atom. The van der Waals surface area contributed by atoms with E-state index >= 15 is 0 Å². The molecule has 3 aromatic rings. The fourth-order valence-electron chi connectivity index (χ4n) is 3.77. The van der Waals surface area contributed by atoms with Gasteiger partial charge in [0, 0.05) is 27.4 Å². The molecule has 6 heteroatoms. The highest BCUT2D eigenvalue weighted by Crippen LogP contribution is 2.37. The number of carbonyl (C=O) groups is 1. The molecule has 4 rings (SSSR count). The zero-order chi connectivity index (χ0) is 20.2. The normalized spacial score (nSPS) is 14.6. The van der Waals surface area contributed by atoms with Gasteiger partial charge >= 0.3 is 0 Å². The van der Waals surface area contributed by atoms with E-state index in [0.29, 0.717) is 17.3 Å². The topological polar surface area (TPSA) is 48.1 Å². The SMILES string of the molecule is Cc1ccc2c(Sc3ccc(Cl)cc3)c(C(=O)NCCCN3CCCC3)[nH]c2c1. The Balaban J connectivity index is 1.51. The van der Waals surface area contributed by atoms with E-state index in [0.717, 1.165) is 33.7 Å². The number of nitrogens with one attached hydrogen (secondary N) is 2. The van der Waals surface area contributed by atoms with E-state index in [1.807, 2.05) is 24.3 Å². The van der Waals surface area contributed by atoms with E-state index in [1.54, 1.807) is 11.8 Å². The summed E-state index contributed by atoms with van der Waals surface area (Å²) < 4.78 is 0. The maximum atomic E-state index is 13.0. The fraction of sp³-hybridized carbons (Fsp3) is 0.348. The van der Waals surface area contributed by atoms with Crippen molar-refractivity contribution in [2.75, 3.05) is 26.2 Å². The molecule has 0 saturated carbocycles.